The SMILES string of the molecule is CC1(C)CN(C(CNC(=O)c2cccc(N)c2)c2ccc(Cl)cc2)CCO1. The molecule has 3 N–H and O–H groups in total. The Hall–Kier alpha value is -2.08. The van der Waals surface area contributed by atoms with Crippen LogP contribution < -0.4 is 11.1 Å². The molecule has 3 rings (SSSR count). The Balaban J connectivity index is 1.77. The zero-order chi connectivity index (χ0) is 19.4. The molecule has 2 aromatic carbocycles. The van der Waals surface area contributed by atoms with E-state index in [1.165, 1.54) is 0 Å². The van der Waals surface area contributed by atoms with E-state index >= 15 is 0 Å². The number of hydrogen-bond donors (Lipinski definition) is 2. The van der Waals surface area contributed by atoms with Crippen LogP contribution in [0.1, 0.15) is 35.8 Å². The highest BCUT2D eigenvalue weighted by atomic mass is 35.5. The zero-order valence-corrected chi connectivity index (χ0v) is 16.5. The number of nitrogens with zero attached hydrogens (tertiary/aromatic N) is 1. The first-order chi connectivity index (χ1) is 12.8. The lowest BCUT2D eigenvalue weighted by Crippen LogP contribution is -2.51. The Labute approximate surface area is 165 Å². The third-order valence-electron chi connectivity index (χ3n) is 4.76. The highest BCUT2D eigenvalue weighted by Gasteiger charge is 2.32. The Morgan fingerprint density at radius 3 is 2.70 bits per heavy atom. The van der Waals surface area contributed by atoms with Gasteiger partial charge >= 0.3 is 0 Å². The average molecular weight is 388 g/mol. The number of rotatable bonds is 5. The van der Waals surface area contributed by atoms with Gasteiger partial charge in [-0.05, 0) is 49.7 Å². The van der Waals surface area contributed by atoms with Gasteiger partial charge in [-0.3, -0.25) is 9.69 Å². The summed E-state index contributed by atoms with van der Waals surface area (Å²) in [5, 5.41) is 3.75. The van der Waals surface area contributed by atoms with Crippen LogP contribution in [0.5, 0.6) is 0 Å². The number of benzene rings is 2. The third-order valence-corrected chi connectivity index (χ3v) is 5.01. The number of hydrogen-bond acceptors (Lipinski definition) is 4. The van der Waals surface area contributed by atoms with E-state index in [9.17, 15) is 4.79 Å². The number of halogens is 1. The van der Waals surface area contributed by atoms with Crippen LogP contribution in [0.25, 0.3) is 0 Å². The summed E-state index contributed by atoms with van der Waals surface area (Å²) in [5.74, 6) is -0.131. The van der Waals surface area contributed by atoms with Crippen molar-refractivity contribution in [1.29, 1.82) is 0 Å². The predicted molar refractivity (Wildman–Crippen MR) is 109 cm³/mol. The van der Waals surface area contributed by atoms with Crippen LogP contribution in [0.3, 0.4) is 0 Å². The van der Waals surface area contributed by atoms with Gasteiger partial charge < -0.3 is 15.8 Å². The molecule has 1 aliphatic heterocycles. The highest BCUT2D eigenvalue weighted by molar-refractivity contribution is 6.30. The van der Waals surface area contributed by atoms with E-state index in [2.05, 4.69) is 24.1 Å². The largest absolute Gasteiger partial charge is 0.399 e. The van der Waals surface area contributed by atoms with Gasteiger partial charge in [0.25, 0.3) is 5.91 Å². The topological polar surface area (TPSA) is 67.6 Å². The Morgan fingerprint density at radius 2 is 2.04 bits per heavy atom. The van der Waals surface area contributed by atoms with E-state index in [-0.39, 0.29) is 17.6 Å². The zero-order valence-electron chi connectivity index (χ0n) is 15.7. The number of carbonyl (C=O) groups excluding carboxylic acids is 1. The van der Waals surface area contributed by atoms with E-state index < -0.39 is 0 Å². The maximum absolute atomic E-state index is 12.6. The number of morpholine rings is 1. The van der Waals surface area contributed by atoms with Crippen molar-refractivity contribution in [3.63, 3.8) is 0 Å². The van der Waals surface area contributed by atoms with Crippen molar-refractivity contribution in [1.82, 2.24) is 10.2 Å². The van der Waals surface area contributed by atoms with Gasteiger partial charge in [-0.25, -0.2) is 0 Å². The molecule has 0 bridgehead atoms. The minimum absolute atomic E-state index is 0.0375. The summed E-state index contributed by atoms with van der Waals surface area (Å²) >= 11 is 6.05. The Kier molecular flexibility index (Phi) is 6.05. The fourth-order valence-corrected chi connectivity index (χ4v) is 3.56. The quantitative estimate of drug-likeness (QED) is 0.770. The molecular formula is C21H26ClN3O2. The van der Waals surface area contributed by atoms with E-state index in [1.54, 1.807) is 24.3 Å². The first kappa shape index (κ1) is 19.7. The van der Waals surface area contributed by atoms with Gasteiger partial charge in [-0.2, -0.15) is 0 Å². The van der Waals surface area contributed by atoms with Crippen LogP contribution in [0.4, 0.5) is 5.69 Å². The molecule has 0 saturated carbocycles. The van der Waals surface area contributed by atoms with Crippen molar-refractivity contribution in [3.8, 4) is 0 Å². The average Bonchev–Trinajstić information content (AvgIpc) is 2.62. The van der Waals surface area contributed by atoms with Crippen molar-refractivity contribution in [3.05, 3.63) is 64.7 Å². The molecule has 1 atom stereocenters. The molecule has 0 radical (unpaired) electrons. The molecule has 0 aliphatic carbocycles. The van der Waals surface area contributed by atoms with Crippen LogP contribution in [-0.2, 0) is 4.74 Å². The highest BCUT2D eigenvalue weighted by Crippen LogP contribution is 2.27. The lowest BCUT2D eigenvalue weighted by atomic mass is 10.0. The van der Waals surface area contributed by atoms with E-state index in [1.807, 2.05) is 24.3 Å². The van der Waals surface area contributed by atoms with Crippen molar-refractivity contribution < 1.29 is 9.53 Å². The van der Waals surface area contributed by atoms with Crippen LogP contribution in [-0.4, -0.2) is 42.6 Å². The number of anilines is 1. The lowest BCUT2D eigenvalue weighted by molar-refractivity contribution is -0.0972. The number of nitrogens with one attached hydrogen (secondary N) is 1. The van der Waals surface area contributed by atoms with Crippen molar-refractivity contribution in [2.75, 3.05) is 32.0 Å². The summed E-state index contributed by atoms with van der Waals surface area (Å²) in [5.41, 5.74) is 7.82. The Morgan fingerprint density at radius 1 is 1.30 bits per heavy atom. The minimum atomic E-state index is -0.221. The maximum Gasteiger partial charge on any atom is 0.251 e. The van der Waals surface area contributed by atoms with Crippen LogP contribution >= 0.6 is 11.6 Å². The molecule has 1 heterocycles. The number of nitrogens with two attached hydrogens (primary N) is 1. The summed E-state index contributed by atoms with van der Waals surface area (Å²) in [6.07, 6.45) is 0. The smallest absolute Gasteiger partial charge is 0.251 e. The van der Waals surface area contributed by atoms with Crippen LogP contribution in [0.15, 0.2) is 48.5 Å². The van der Waals surface area contributed by atoms with Gasteiger partial charge in [0.05, 0.1) is 18.2 Å². The molecule has 2 aromatic rings. The van der Waals surface area contributed by atoms with Gasteiger partial charge in [0.15, 0.2) is 0 Å². The van der Waals surface area contributed by atoms with Crippen molar-refractivity contribution in [2.45, 2.75) is 25.5 Å². The summed E-state index contributed by atoms with van der Waals surface area (Å²) in [6.45, 7) is 6.93. The number of ether oxygens (including phenoxy) is 1. The van der Waals surface area contributed by atoms with Crippen molar-refractivity contribution in [2.24, 2.45) is 0 Å². The van der Waals surface area contributed by atoms with E-state index in [4.69, 9.17) is 22.1 Å². The maximum atomic E-state index is 12.6. The van der Waals surface area contributed by atoms with Crippen LogP contribution in [0.2, 0.25) is 5.02 Å². The minimum Gasteiger partial charge on any atom is -0.399 e. The first-order valence-electron chi connectivity index (χ1n) is 9.11. The molecule has 1 aliphatic rings. The molecule has 1 fully saturated rings. The summed E-state index contributed by atoms with van der Waals surface area (Å²) < 4.78 is 5.84. The van der Waals surface area contributed by atoms with E-state index in [0.29, 0.717) is 29.4 Å². The van der Waals surface area contributed by atoms with E-state index in [0.717, 1.165) is 18.7 Å². The number of nitrogen functional groups attached to an aromatic ring is 1. The molecule has 1 amide bonds. The molecule has 6 heteroatoms. The second-order valence-electron chi connectivity index (χ2n) is 7.48. The normalized spacial score (nSPS) is 18.0. The summed E-state index contributed by atoms with van der Waals surface area (Å²) in [6, 6.07) is 14.8. The molecule has 0 spiro atoms. The fourth-order valence-electron chi connectivity index (χ4n) is 3.43. The number of amides is 1. The second-order valence-corrected chi connectivity index (χ2v) is 7.92. The standard InChI is InChI=1S/C21H26ClN3O2/c1-21(2)14-25(10-11-27-21)19(15-6-8-17(22)9-7-15)13-24-20(26)16-4-3-5-18(23)12-16/h3-9,12,19H,10-11,13-14,23H2,1-2H3,(H,24,26). The molecule has 0 aromatic heterocycles. The second kappa shape index (κ2) is 8.30. The first-order valence-corrected chi connectivity index (χ1v) is 9.49. The number of carbonyl (C=O) groups is 1. The molecule has 1 unspecified atom stereocenters. The van der Waals surface area contributed by atoms with Gasteiger partial charge in [0.2, 0.25) is 0 Å². The summed E-state index contributed by atoms with van der Waals surface area (Å²) in [4.78, 5) is 14.9. The van der Waals surface area contributed by atoms with Gasteiger partial charge in [-0.1, -0.05) is 29.8 Å². The summed E-state index contributed by atoms with van der Waals surface area (Å²) in [7, 11) is 0. The molecule has 27 heavy (non-hydrogen) atoms. The van der Waals surface area contributed by atoms with Crippen LogP contribution in [0, 0.1) is 0 Å². The van der Waals surface area contributed by atoms with Crippen molar-refractivity contribution >= 4 is 23.2 Å². The molecule has 144 valence electrons. The monoisotopic (exact) mass is 387 g/mol. The molecule has 1 saturated heterocycles. The lowest BCUT2D eigenvalue weighted by Gasteiger charge is -2.42. The molecule has 5 nitrogen and oxygen atoms in total. The van der Waals surface area contributed by atoms with Gasteiger partial charge in [0.1, 0.15) is 0 Å². The molecular weight excluding hydrogens is 362 g/mol. The van der Waals surface area contributed by atoms with Gasteiger partial charge in [0, 0.05) is 35.9 Å². The third kappa shape index (κ3) is 5.22. The van der Waals surface area contributed by atoms with Gasteiger partial charge in [-0.15, -0.1) is 0 Å². The predicted octanol–water partition coefficient (Wildman–Crippen LogP) is 3.50. The Bertz CT molecular complexity index is 792. The fraction of sp³-hybridized carbons (Fsp3) is 0.381.